The molecule has 0 amide bonds. The molecule has 0 N–H and O–H groups in total. The normalized spacial score (nSPS) is 50.0. The molecule has 5 unspecified atom stereocenters. The van der Waals surface area contributed by atoms with Gasteiger partial charge in [0.1, 0.15) is 0 Å². The highest BCUT2D eigenvalue weighted by molar-refractivity contribution is 5.14. The Balaban J connectivity index is 1.65. The zero-order valence-corrected chi connectivity index (χ0v) is 9.85. The van der Waals surface area contributed by atoms with E-state index in [9.17, 15) is 0 Å². The number of rotatable bonds is 0. The molecule has 2 aliphatic carbocycles. The molecule has 2 heteroatoms. The smallest absolute Gasteiger partial charge is 0.0788 e. The summed E-state index contributed by atoms with van der Waals surface area (Å²) in [6.07, 6.45) is 15.4. The lowest BCUT2D eigenvalue weighted by Gasteiger charge is -2.52. The molecule has 2 nitrogen and oxygen atoms in total. The van der Waals surface area contributed by atoms with Crippen molar-refractivity contribution >= 4 is 0 Å². The summed E-state index contributed by atoms with van der Waals surface area (Å²) < 4.78 is 6.39. The first kappa shape index (κ1) is 9.52. The lowest BCUT2D eigenvalue weighted by atomic mass is 9.79. The highest BCUT2D eigenvalue weighted by Crippen LogP contribution is 2.44. The van der Waals surface area contributed by atoms with Crippen LogP contribution in [0.3, 0.4) is 0 Å². The van der Waals surface area contributed by atoms with E-state index >= 15 is 0 Å². The second-order valence-corrected chi connectivity index (χ2v) is 5.94. The van der Waals surface area contributed by atoms with Crippen LogP contribution in [0, 0.1) is 5.92 Å². The number of morpholine rings is 1. The second-order valence-electron chi connectivity index (χ2n) is 5.94. The minimum Gasteiger partial charge on any atom is -0.371 e. The maximum atomic E-state index is 6.39. The van der Waals surface area contributed by atoms with Crippen LogP contribution in [0.2, 0.25) is 0 Å². The Hall–Kier alpha value is -0.500. The standard InChI is InChI=1S/C14H21NO/c1-2-6-12-11(5-1)15-9-8-10-4-3-7-13(16-12)14(10)15/h8-14H,1-7H2. The first-order valence-electron chi connectivity index (χ1n) is 7.05. The van der Waals surface area contributed by atoms with Crippen molar-refractivity contribution in [1.29, 1.82) is 0 Å². The Labute approximate surface area is 97.6 Å². The van der Waals surface area contributed by atoms with Crippen LogP contribution in [-0.2, 0) is 4.74 Å². The second kappa shape index (κ2) is 3.49. The quantitative estimate of drug-likeness (QED) is 0.621. The maximum Gasteiger partial charge on any atom is 0.0788 e. The van der Waals surface area contributed by atoms with Crippen LogP contribution in [0.1, 0.15) is 44.9 Å². The van der Waals surface area contributed by atoms with Crippen LogP contribution in [0.4, 0.5) is 0 Å². The van der Waals surface area contributed by atoms with E-state index in [1.54, 1.807) is 0 Å². The number of hydrogen-bond donors (Lipinski definition) is 0. The molecule has 16 heavy (non-hydrogen) atoms. The van der Waals surface area contributed by atoms with Gasteiger partial charge in [0.05, 0.1) is 24.3 Å². The van der Waals surface area contributed by atoms with Gasteiger partial charge in [-0.25, -0.2) is 0 Å². The summed E-state index contributed by atoms with van der Waals surface area (Å²) in [5.74, 6) is 0.793. The van der Waals surface area contributed by atoms with E-state index in [-0.39, 0.29) is 0 Å². The first-order valence-corrected chi connectivity index (χ1v) is 7.05. The lowest BCUT2D eigenvalue weighted by molar-refractivity contribution is -0.163. The van der Waals surface area contributed by atoms with E-state index in [1.807, 2.05) is 0 Å². The summed E-state index contributed by atoms with van der Waals surface area (Å²) in [7, 11) is 0. The van der Waals surface area contributed by atoms with Gasteiger partial charge < -0.3 is 9.64 Å². The molecule has 0 aromatic heterocycles. The highest BCUT2D eigenvalue weighted by Gasteiger charge is 2.48. The molecule has 4 rings (SSSR count). The Kier molecular flexibility index (Phi) is 2.08. The molecule has 0 aromatic rings. The predicted molar refractivity (Wildman–Crippen MR) is 63.0 cm³/mol. The number of nitrogens with zero attached hydrogens (tertiary/aromatic N) is 1. The van der Waals surface area contributed by atoms with Crippen molar-refractivity contribution in [3.05, 3.63) is 12.3 Å². The fraction of sp³-hybridized carbons (Fsp3) is 0.857. The maximum absolute atomic E-state index is 6.39. The van der Waals surface area contributed by atoms with E-state index in [0.717, 1.165) is 5.92 Å². The van der Waals surface area contributed by atoms with Gasteiger partial charge in [0.25, 0.3) is 0 Å². The molecule has 0 radical (unpaired) electrons. The summed E-state index contributed by atoms with van der Waals surface area (Å²) in [5, 5.41) is 0. The fourth-order valence-electron chi connectivity index (χ4n) is 4.39. The van der Waals surface area contributed by atoms with Gasteiger partial charge in [-0.1, -0.05) is 25.3 Å². The Morgan fingerprint density at radius 1 is 0.938 bits per heavy atom. The minimum absolute atomic E-state index is 0.535. The van der Waals surface area contributed by atoms with Gasteiger partial charge in [-0.05, 0) is 31.9 Å². The molecule has 1 saturated heterocycles. The van der Waals surface area contributed by atoms with E-state index in [1.165, 1.54) is 44.9 Å². The number of ether oxygens (including phenoxy) is 1. The van der Waals surface area contributed by atoms with Gasteiger partial charge in [-0.15, -0.1) is 0 Å². The summed E-state index contributed by atoms with van der Waals surface area (Å²) >= 11 is 0. The molecule has 2 heterocycles. The van der Waals surface area contributed by atoms with E-state index in [4.69, 9.17) is 4.74 Å². The zero-order chi connectivity index (χ0) is 10.5. The van der Waals surface area contributed by atoms with Gasteiger partial charge >= 0.3 is 0 Å². The molecule has 0 bridgehead atoms. The minimum atomic E-state index is 0.535. The molecule has 2 aliphatic heterocycles. The van der Waals surface area contributed by atoms with Crippen molar-refractivity contribution in [2.45, 2.75) is 69.2 Å². The van der Waals surface area contributed by atoms with Crippen LogP contribution in [-0.4, -0.2) is 29.2 Å². The topological polar surface area (TPSA) is 12.5 Å². The Bertz CT molecular complexity index is 314. The third-order valence-electron chi connectivity index (χ3n) is 5.10. The van der Waals surface area contributed by atoms with E-state index in [2.05, 4.69) is 17.2 Å². The highest BCUT2D eigenvalue weighted by atomic mass is 16.5. The molecule has 5 atom stereocenters. The number of fused-ring (bicyclic) bond motifs is 2. The van der Waals surface area contributed by atoms with Gasteiger partial charge in [-0.3, -0.25) is 0 Å². The lowest BCUT2D eigenvalue weighted by Crippen LogP contribution is -2.60. The van der Waals surface area contributed by atoms with Crippen LogP contribution >= 0.6 is 0 Å². The van der Waals surface area contributed by atoms with Crippen LogP contribution in [0.25, 0.3) is 0 Å². The van der Waals surface area contributed by atoms with Crippen LogP contribution in [0.15, 0.2) is 12.3 Å². The van der Waals surface area contributed by atoms with Crippen molar-refractivity contribution in [1.82, 2.24) is 4.90 Å². The van der Waals surface area contributed by atoms with Crippen LogP contribution in [0.5, 0.6) is 0 Å². The summed E-state index contributed by atoms with van der Waals surface area (Å²) in [6.45, 7) is 0. The van der Waals surface area contributed by atoms with Gasteiger partial charge in [0, 0.05) is 5.92 Å². The summed E-state index contributed by atoms with van der Waals surface area (Å²) in [5.41, 5.74) is 0. The molecule has 2 saturated carbocycles. The zero-order valence-electron chi connectivity index (χ0n) is 9.85. The number of hydrogen-bond acceptors (Lipinski definition) is 2. The molecule has 3 fully saturated rings. The third-order valence-corrected chi connectivity index (χ3v) is 5.10. The van der Waals surface area contributed by atoms with Crippen LogP contribution < -0.4 is 0 Å². The Morgan fingerprint density at radius 2 is 1.81 bits per heavy atom. The van der Waals surface area contributed by atoms with Crippen molar-refractivity contribution in [3.8, 4) is 0 Å². The summed E-state index contributed by atoms with van der Waals surface area (Å²) in [6, 6.07) is 1.41. The van der Waals surface area contributed by atoms with Crippen molar-refractivity contribution in [3.63, 3.8) is 0 Å². The van der Waals surface area contributed by atoms with Crippen molar-refractivity contribution < 1.29 is 4.74 Å². The molecular weight excluding hydrogens is 198 g/mol. The van der Waals surface area contributed by atoms with E-state index < -0.39 is 0 Å². The van der Waals surface area contributed by atoms with Crippen molar-refractivity contribution in [2.24, 2.45) is 5.92 Å². The SMILES string of the molecule is C1=CN2C3CCCCC3OC3CCCC1C32. The summed E-state index contributed by atoms with van der Waals surface area (Å²) in [4.78, 5) is 2.68. The monoisotopic (exact) mass is 219 g/mol. The van der Waals surface area contributed by atoms with Gasteiger partial charge in [0.15, 0.2) is 0 Å². The fourth-order valence-corrected chi connectivity index (χ4v) is 4.39. The van der Waals surface area contributed by atoms with E-state index in [0.29, 0.717) is 24.3 Å². The molecule has 0 spiro atoms. The first-order chi connectivity index (χ1) is 7.93. The average Bonchev–Trinajstić information content (AvgIpc) is 2.76. The van der Waals surface area contributed by atoms with Gasteiger partial charge in [0.2, 0.25) is 0 Å². The molecule has 0 aromatic carbocycles. The largest absolute Gasteiger partial charge is 0.371 e. The third kappa shape index (κ3) is 1.22. The van der Waals surface area contributed by atoms with Crippen molar-refractivity contribution in [2.75, 3.05) is 0 Å². The average molecular weight is 219 g/mol. The molecule has 88 valence electrons. The Morgan fingerprint density at radius 3 is 2.81 bits per heavy atom. The van der Waals surface area contributed by atoms with Gasteiger partial charge in [-0.2, -0.15) is 0 Å². The molecular formula is C14H21NO. The molecule has 4 aliphatic rings. The predicted octanol–water partition coefficient (Wildman–Crippen LogP) is 2.69.